The molecule has 4 aromatic rings. The number of likely N-dealkylation sites (tertiary alicyclic amines) is 1. The number of aromatic nitrogens is 2. The van der Waals surface area contributed by atoms with Gasteiger partial charge < -0.3 is 15.4 Å². The molecule has 0 atom stereocenters. The Hall–Kier alpha value is -4.65. The molecular formula is C31H27F6N5O2. The topological polar surface area (TPSA) is 79.4 Å². The number of hydrogen-bond acceptors (Lipinski definition) is 6. The molecule has 1 saturated heterocycles. The number of benzene rings is 3. The summed E-state index contributed by atoms with van der Waals surface area (Å²) >= 11 is 0. The second-order valence-corrected chi connectivity index (χ2v) is 10.3. The van der Waals surface area contributed by atoms with Crippen molar-refractivity contribution in [1.29, 1.82) is 0 Å². The van der Waals surface area contributed by atoms with Gasteiger partial charge in [-0.15, -0.1) is 13.2 Å². The average molecular weight is 616 g/mol. The van der Waals surface area contributed by atoms with Crippen LogP contribution in [0, 0.1) is 6.92 Å². The summed E-state index contributed by atoms with van der Waals surface area (Å²) in [4.78, 5) is 23.1. The number of hydrogen-bond donors (Lipinski definition) is 2. The lowest BCUT2D eigenvalue weighted by atomic mass is 10.1. The molecule has 13 heteroatoms. The van der Waals surface area contributed by atoms with E-state index in [0.29, 0.717) is 23.1 Å². The Bertz CT molecular complexity index is 1620. The lowest BCUT2D eigenvalue weighted by Crippen LogP contribution is -2.19. The normalized spacial score (nSPS) is 14.0. The van der Waals surface area contributed by atoms with Crippen molar-refractivity contribution in [2.45, 2.75) is 38.8 Å². The SMILES string of the molecule is Cc1ccc(CN2CCCC2)cc1NC(=O)c1ccc(Nc2ncc(C(F)(F)F)c(-c3ccc(OC(F)(F)F)cc3)n2)cc1. The Morgan fingerprint density at radius 1 is 0.932 bits per heavy atom. The molecule has 1 aromatic heterocycles. The van der Waals surface area contributed by atoms with Gasteiger partial charge in [0.1, 0.15) is 11.3 Å². The van der Waals surface area contributed by atoms with E-state index in [9.17, 15) is 31.1 Å². The number of alkyl halides is 6. The molecule has 0 bridgehead atoms. The first-order valence-electron chi connectivity index (χ1n) is 13.6. The zero-order chi connectivity index (χ0) is 31.5. The fourth-order valence-electron chi connectivity index (χ4n) is 4.81. The van der Waals surface area contributed by atoms with Crippen molar-refractivity contribution in [2.75, 3.05) is 23.7 Å². The molecule has 1 amide bonds. The standard InChI is InChI=1S/C31H27F6N5O2/c1-19-4-5-20(18-42-14-2-3-15-42)16-26(19)40-28(43)22-6-10-23(11-7-22)39-29-38-17-25(30(32,33)34)27(41-29)21-8-12-24(13-9-21)44-31(35,36)37/h4-13,16-17H,2-3,14-15,18H2,1H3,(H,40,43)(H,38,39,41). The van der Waals surface area contributed by atoms with Gasteiger partial charge in [-0.05, 0) is 98.6 Å². The monoisotopic (exact) mass is 615 g/mol. The van der Waals surface area contributed by atoms with E-state index in [2.05, 4.69) is 36.3 Å². The fourth-order valence-corrected chi connectivity index (χ4v) is 4.81. The minimum absolute atomic E-state index is 0.0934. The van der Waals surface area contributed by atoms with Gasteiger partial charge in [-0.25, -0.2) is 9.97 Å². The Kier molecular flexibility index (Phi) is 8.77. The zero-order valence-corrected chi connectivity index (χ0v) is 23.4. The lowest BCUT2D eigenvalue weighted by Gasteiger charge is -2.16. The summed E-state index contributed by atoms with van der Waals surface area (Å²) in [6, 6.07) is 16.1. The van der Waals surface area contributed by atoms with Crippen molar-refractivity contribution in [2.24, 2.45) is 0 Å². The van der Waals surface area contributed by atoms with Crippen LogP contribution in [0.3, 0.4) is 0 Å². The zero-order valence-electron chi connectivity index (χ0n) is 23.4. The second kappa shape index (κ2) is 12.5. The minimum atomic E-state index is -4.95. The number of halogens is 6. The fraction of sp³-hybridized carbons (Fsp3) is 0.258. The van der Waals surface area contributed by atoms with Crippen LogP contribution in [-0.4, -0.2) is 40.2 Å². The van der Waals surface area contributed by atoms with Gasteiger partial charge in [-0.1, -0.05) is 12.1 Å². The molecule has 0 radical (unpaired) electrons. The molecule has 0 saturated carbocycles. The third kappa shape index (κ3) is 7.84. The van der Waals surface area contributed by atoms with Crippen LogP contribution in [0.4, 0.5) is 43.7 Å². The molecule has 1 fully saturated rings. The quantitative estimate of drug-likeness (QED) is 0.196. The Balaban J connectivity index is 1.30. The molecule has 1 aliphatic heterocycles. The molecule has 0 spiro atoms. The Morgan fingerprint density at radius 2 is 1.61 bits per heavy atom. The first-order chi connectivity index (χ1) is 20.8. The summed E-state index contributed by atoms with van der Waals surface area (Å²) in [7, 11) is 0. The van der Waals surface area contributed by atoms with Crippen molar-refractivity contribution in [1.82, 2.24) is 14.9 Å². The van der Waals surface area contributed by atoms with E-state index >= 15 is 0 Å². The Morgan fingerprint density at radius 3 is 2.25 bits per heavy atom. The van der Waals surface area contributed by atoms with Crippen molar-refractivity contribution in [3.63, 3.8) is 0 Å². The third-order valence-corrected chi connectivity index (χ3v) is 7.01. The largest absolute Gasteiger partial charge is 0.573 e. The molecule has 0 unspecified atom stereocenters. The first kappa shape index (κ1) is 30.8. The van der Waals surface area contributed by atoms with E-state index in [4.69, 9.17) is 0 Å². The Labute approximate surface area is 248 Å². The summed E-state index contributed by atoms with van der Waals surface area (Å²) in [5.41, 5.74) is 1.68. The molecule has 2 N–H and O–H groups in total. The number of nitrogens with zero attached hydrogens (tertiary/aromatic N) is 3. The summed E-state index contributed by atoms with van der Waals surface area (Å²) in [5.74, 6) is -1.11. The highest BCUT2D eigenvalue weighted by Gasteiger charge is 2.36. The average Bonchev–Trinajstić information content (AvgIpc) is 3.47. The molecule has 3 aromatic carbocycles. The van der Waals surface area contributed by atoms with Gasteiger partial charge in [0.05, 0.1) is 5.69 Å². The predicted molar refractivity (Wildman–Crippen MR) is 153 cm³/mol. The number of carbonyl (C=O) groups is 1. The predicted octanol–water partition coefficient (Wildman–Crippen LogP) is 7.96. The molecule has 230 valence electrons. The van der Waals surface area contributed by atoms with Gasteiger partial charge in [-0.3, -0.25) is 9.69 Å². The highest BCUT2D eigenvalue weighted by molar-refractivity contribution is 6.04. The van der Waals surface area contributed by atoms with E-state index in [-0.39, 0.29) is 17.4 Å². The number of nitrogens with one attached hydrogen (secondary N) is 2. The number of carbonyl (C=O) groups excluding carboxylic acids is 1. The van der Waals surface area contributed by atoms with Crippen LogP contribution in [0.15, 0.2) is 72.9 Å². The minimum Gasteiger partial charge on any atom is -0.406 e. The number of ether oxygens (including phenoxy) is 1. The van der Waals surface area contributed by atoms with Gasteiger partial charge in [-0.2, -0.15) is 13.2 Å². The van der Waals surface area contributed by atoms with Crippen molar-refractivity contribution < 1.29 is 35.9 Å². The maximum absolute atomic E-state index is 13.7. The van der Waals surface area contributed by atoms with Gasteiger partial charge in [0, 0.05) is 35.2 Å². The van der Waals surface area contributed by atoms with Crippen molar-refractivity contribution in [3.05, 3.63) is 95.2 Å². The summed E-state index contributed by atoms with van der Waals surface area (Å²) in [6.45, 7) is 4.84. The van der Waals surface area contributed by atoms with Crippen molar-refractivity contribution >= 4 is 23.2 Å². The number of anilines is 3. The van der Waals surface area contributed by atoms with Crippen LogP contribution in [0.25, 0.3) is 11.3 Å². The van der Waals surface area contributed by atoms with E-state index in [1.165, 1.54) is 12.8 Å². The van der Waals surface area contributed by atoms with E-state index in [0.717, 1.165) is 55.0 Å². The maximum Gasteiger partial charge on any atom is 0.573 e. The van der Waals surface area contributed by atoms with Crippen LogP contribution in [0.5, 0.6) is 5.75 Å². The van der Waals surface area contributed by atoms with E-state index < -0.39 is 29.5 Å². The molecule has 44 heavy (non-hydrogen) atoms. The van der Waals surface area contributed by atoms with Crippen LogP contribution in [0.2, 0.25) is 0 Å². The molecule has 0 aliphatic carbocycles. The molecule has 5 rings (SSSR count). The van der Waals surface area contributed by atoms with Gasteiger partial charge in [0.2, 0.25) is 5.95 Å². The summed E-state index contributed by atoms with van der Waals surface area (Å²) in [6.07, 6.45) is -6.81. The number of amides is 1. The number of rotatable bonds is 8. The third-order valence-electron chi connectivity index (χ3n) is 7.01. The summed E-state index contributed by atoms with van der Waals surface area (Å²) < 4.78 is 82.3. The molecule has 7 nitrogen and oxygen atoms in total. The van der Waals surface area contributed by atoms with Crippen molar-refractivity contribution in [3.8, 4) is 17.0 Å². The second-order valence-electron chi connectivity index (χ2n) is 10.3. The van der Waals surface area contributed by atoms with Crippen LogP contribution < -0.4 is 15.4 Å². The van der Waals surface area contributed by atoms with E-state index in [1.54, 1.807) is 24.3 Å². The molecule has 1 aliphatic rings. The van der Waals surface area contributed by atoms with Crippen LogP contribution in [0.1, 0.15) is 39.9 Å². The smallest absolute Gasteiger partial charge is 0.406 e. The van der Waals surface area contributed by atoms with Crippen LogP contribution >= 0.6 is 0 Å². The van der Waals surface area contributed by atoms with Gasteiger partial charge >= 0.3 is 12.5 Å². The van der Waals surface area contributed by atoms with Crippen LogP contribution in [-0.2, 0) is 12.7 Å². The maximum atomic E-state index is 13.7. The number of aryl methyl sites for hydroxylation is 1. The highest BCUT2D eigenvalue weighted by atomic mass is 19.4. The lowest BCUT2D eigenvalue weighted by molar-refractivity contribution is -0.274. The van der Waals surface area contributed by atoms with E-state index in [1.807, 2.05) is 19.1 Å². The molecular weight excluding hydrogens is 588 g/mol. The van der Waals surface area contributed by atoms with Gasteiger partial charge in [0.25, 0.3) is 5.91 Å². The van der Waals surface area contributed by atoms with Gasteiger partial charge in [0.15, 0.2) is 0 Å². The highest BCUT2D eigenvalue weighted by Crippen LogP contribution is 2.37. The molecule has 2 heterocycles. The summed E-state index contributed by atoms with van der Waals surface area (Å²) in [5, 5.41) is 5.75. The first-order valence-corrected chi connectivity index (χ1v) is 13.6.